The van der Waals surface area contributed by atoms with Crippen molar-refractivity contribution in [3.05, 3.63) is 0 Å². The summed E-state index contributed by atoms with van der Waals surface area (Å²) in [7, 11) is 0. The standard InChI is InChI=1S/C8H18O5.Co/c9-1-3-11-5-7-13-8-6-12-4-2-10;/h9-10H,1-8H2;. The first-order valence-corrected chi connectivity index (χ1v) is 4.36. The van der Waals surface area contributed by atoms with Crippen molar-refractivity contribution >= 4 is 0 Å². The van der Waals surface area contributed by atoms with Crippen LogP contribution in [-0.2, 0) is 31.0 Å². The van der Waals surface area contributed by atoms with Crippen LogP contribution < -0.4 is 0 Å². The van der Waals surface area contributed by atoms with Gasteiger partial charge in [0.25, 0.3) is 0 Å². The first kappa shape index (κ1) is 16.7. The van der Waals surface area contributed by atoms with Gasteiger partial charge in [0, 0.05) is 16.8 Å². The average Bonchev–Trinajstić information content (AvgIpc) is 2.16. The van der Waals surface area contributed by atoms with E-state index in [1.807, 2.05) is 0 Å². The van der Waals surface area contributed by atoms with Gasteiger partial charge in [-0.05, 0) is 0 Å². The van der Waals surface area contributed by atoms with Crippen LogP contribution >= 0.6 is 0 Å². The van der Waals surface area contributed by atoms with Crippen LogP contribution in [0.4, 0.5) is 0 Å². The second-order valence-electron chi connectivity index (χ2n) is 2.28. The van der Waals surface area contributed by atoms with Crippen LogP contribution in [0, 0.1) is 0 Å². The van der Waals surface area contributed by atoms with Crippen LogP contribution in [0.3, 0.4) is 0 Å². The average molecular weight is 253 g/mol. The second kappa shape index (κ2) is 15.8. The van der Waals surface area contributed by atoms with Crippen molar-refractivity contribution in [2.75, 3.05) is 52.9 Å². The maximum Gasteiger partial charge on any atom is 0.0701 e. The Hall–Kier alpha value is 0.306. The van der Waals surface area contributed by atoms with Gasteiger partial charge in [0.1, 0.15) is 0 Å². The van der Waals surface area contributed by atoms with Crippen LogP contribution in [0.15, 0.2) is 0 Å². The van der Waals surface area contributed by atoms with Gasteiger partial charge in [0.15, 0.2) is 0 Å². The van der Waals surface area contributed by atoms with Gasteiger partial charge in [-0.15, -0.1) is 0 Å². The van der Waals surface area contributed by atoms with Crippen LogP contribution in [-0.4, -0.2) is 63.1 Å². The third-order valence-corrected chi connectivity index (χ3v) is 1.22. The summed E-state index contributed by atoms with van der Waals surface area (Å²) in [6, 6.07) is 0. The van der Waals surface area contributed by atoms with Gasteiger partial charge in [-0.3, -0.25) is 0 Å². The fraction of sp³-hybridized carbons (Fsp3) is 1.00. The Labute approximate surface area is 94.5 Å². The van der Waals surface area contributed by atoms with E-state index in [2.05, 4.69) is 0 Å². The molecule has 6 heteroatoms. The molecule has 0 aliphatic carbocycles. The second-order valence-corrected chi connectivity index (χ2v) is 2.28. The third kappa shape index (κ3) is 14.8. The monoisotopic (exact) mass is 253 g/mol. The summed E-state index contributed by atoms with van der Waals surface area (Å²) in [5, 5.41) is 16.7. The smallest absolute Gasteiger partial charge is 0.0701 e. The van der Waals surface area contributed by atoms with Gasteiger partial charge in [-0.25, -0.2) is 0 Å². The first-order valence-electron chi connectivity index (χ1n) is 4.36. The molecule has 0 unspecified atom stereocenters. The maximum absolute atomic E-state index is 8.36. The predicted octanol–water partition coefficient (Wildman–Crippen LogP) is -0.982. The van der Waals surface area contributed by atoms with E-state index in [1.165, 1.54) is 0 Å². The van der Waals surface area contributed by atoms with Crippen molar-refractivity contribution < 1.29 is 41.2 Å². The van der Waals surface area contributed by atoms with E-state index in [4.69, 9.17) is 24.4 Å². The maximum atomic E-state index is 8.36. The predicted molar refractivity (Wildman–Crippen MR) is 46.6 cm³/mol. The summed E-state index contributed by atoms with van der Waals surface area (Å²) < 4.78 is 15.0. The summed E-state index contributed by atoms with van der Waals surface area (Å²) in [5.41, 5.74) is 0. The topological polar surface area (TPSA) is 68.2 Å². The number of aliphatic hydroxyl groups excluding tert-OH is 2. The van der Waals surface area contributed by atoms with E-state index < -0.39 is 0 Å². The van der Waals surface area contributed by atoms with E-state index in [0.29, 0.717) is 39.6 Å². The first-order chi connectivity index (χ1) is 6.41. The van der Waals surface area contributed by atoms with E-state index in [-0.39, 0.29) is 30.0 Å². The Morgan fingerprint density at radius 2 is 0.857 bits per heavy atom. The van der Waals surface area contributed by atoms with Gasteiger partial charge in [-0.1, -0.05) is 0 Å². The minimum absolute atomic E-state index is 0. The summed E-state index contributed by atoms with van der Waals surface area (Å²) in [5.74, 6) is 0. The summed E-state index contributed by atoms with van der Waals surface area (Å²) in [6.07, 6.45) is 0. The Balaban J connectivity index is 0. The van der Waals surface area contributed by atoms with Crippen molar-refractivity contribution in [2.45, 2.75) is 0 Å². The summed E-state index contributed by atoms with van der Waals surface area (Å²) >= 11 is 0. The largest absolute Gasteiger partial charge is 0.394 e. The SMILES string of the molecule is OCCOCCOCCOCCO.[Co]. The van der Waals surface area contributed by atoms with E-state index in [9.17, 15) is 0 Å². The zero-order chi connectivity index (χ0) is 9.78. The number of hydrogen-bond donors (Lipinski definition) is 2. The van der Waals surface area contributed by atoms with Gasteiger partial charge in [0.2, 0.25) is 0 Å². The van der Waals surface area contributed by atoms with Crippen molar-refractivity contribution in [1.82, 2.24) is 0 Å². The van der Waals surface area contributed by atoms with Crippen molar-refractivity contribution in [3.8, 4) is 0 Å². The summed E-state index contributed by atoms with van der Waals surface area (Å²) in [4.78, 5) is 0. The van der Waals surface area contributed by atoms with Crippen LogP contribution in [0.1, 0.15) is 0 Å². The molecule has 0 aliphatic heterocycles. The van der Waals surface area contributed by atoms with Crippen molar-refractivity contribution in [1.29, 1.82) is 0 Å². The Bertz CT molecular complexity index is 83.8. The van der Waals surface area contributed by atoms with Gasteiger partial charge < -0.3 is 24.4 Å². The van der Waals surface area contributed by atoms with E-state index in [0.717, 1.165) is 0 Å². The minimum atomic E-state index is 0. The third-order valence-electron chi connectivity index (χ3n) is 1.22. The Kier molecular flexibility index (Phi) is 18.8. The molecule has 0 heterocycles. The van der Waals surface area contributed by atoms with Crippen LogP contribution in [0.2, 0.25) is 0 Å². The number of aliphatic hydroxyl groups is 2. The molecule has 0 amide bonds. The molecule has 1 radical (unpaired) electrons. The molecule has 89 valence electrons. The molecule has 14 heavy (non-hydrogen) atoms. The zero-order valence-electron chi connectivity index (χ0n) is 8.11. The quantitative estimate of drug-likeness (QED) is 0.490. The number of rotatable bonds is 10. The fourth-order valence-corrected chi connectivity index (χ4v) is 0.671. The van der Waals surface area contributed by atoms with Crippen LogP contribution in [0.5, 0.6) is 0 Å². The Morgan fingerprint density at radius 3 is 1.14 bits per heavy atom. The van der Waals surface area contributed by atoms with Gasteiger partial charge in [-0.2, -0.15) is 0 Å². The van der Waals surface area contributed by atoms with Crippen molar-refractivity contribution in [2.24, 2.45) is 0 Å². The van der Waals surface area contributed by atoms with Gasteiger partial charge >= 0.3 is 0 Å². The Morgan fingerprint density at radius 1 is 0.571 bits per heavy atom. The molecule has 0 saturated heterocycles. The normalized spacial score (nSPS) is 9.86. The molecule has 0 atom stereocenters. The molecule has 0 bridgehead atoms. The summed E-state index contributed by atoms with van der Waals surface area (Å²) in [6.45, 7) is 2.76. The molecule has 0 rings (SSSR count). The van der Waals surface area contributed by atoms with Crippen LogP contribution in [0.25, 0.3) is 0 Å². The minimum Gasteiger partial charge on any atom is -0.394 e. The number of hydrogen-bond acceptors (Lipinski definition) is 5. The fourth-order valence-electron chi connectivity index (χ4n) is 0.671. The van der Waals surface area contributed by atoms with E-state index >= 15 is 0 Å². The molecular formula is C8H18CoO5. The van der Waals surface area contributed by atoms with Crippen molar-refractivity contribution in [3.63, 3.8) is 0 Å². The van der Waals surface area contributed by atoms with Gasteiger partial charge in [0.05, 0.1) is 52.9 Å². The molecule has 0 fully saturated rings. The molecule has 0 aromatic carbocycles. The molecule has 0 aromatic rings. The molecule has 0 aliphatic rings. The molecule has 5 nitrogen and oxygen atoms in total. The molecule has 0 aromatic heterocycles. The zero-order valence-corrected chi connectivity index (χ0v) is 9.15. The molecule has 0 saturated carbocycles. The number of ether oxygens (including phenoxy) is 3. The molecular weight excluding hydrogens is 235 g/mol. The molecule has 0 spiro atoms. The van der Waals surface area contributed by atoms with E-state index in [1.54, 1.807) is 0 Å². The molecule has 2 N–H and O–H groups in total.